The fourth-order valence-electron chi connectivity index (χ4n) is 1.42. The lowest BCUT2D eigenvalue weighted by Gasteiger charge is -2.10. The second-order valence-corrected chi connectivity index (χ2v) is 6.28. The van der Waals surface area contributed by atoms with E-state index in [-0.39, 0.29) is 0 Å². The van der Waals surface area contributed by atoms with E-state index in [2.05, 4.69) is 20.9 Å². The number of halogens is 2. The second kappa shape index (κ2) is 5.27. The molecule has 16 heavy (non-hydrogen) atoms. The molecule has 0 bridgehead atoms. The fraction of sp³-hybridized carbons (Fsp3) is 0.182. The minimum absolute atomic E-state index is 0.505. The molecule has 0 spiro atoms. The van der Waals surface area contributed by atoms with Crippen LogP contribution in [-0.2, 0) is 6.42 Å². The number of pyridine rings is 1. The van der Waals surface area contributed by atoms with Crippen LogP contribution >= 0.6 is 38.9 Å². The highest BCUT2D eigenvalue weighted by Gasteiger charge is 2.13. The fourth-order valence-corrected chi connectivity index (χ4v) is 3.18. The van der Waals surface area contributed by atoms with Crippen molar-refractivity contribution in [3.63, 3.8) is 0 Å². The number of aliphatic hydroxyl groups is 1. The Morgan fingerprint density at radius 2 is 2.25 bits per heavy atom. The summed E-state index contributed by atoms with van der Waals surface area (Å²) >= 11 is 11.0. The summed E-state index contributed by atoms with van der Waals surface area (Å²) in [5.41, 5.74) is 0.723. The lowest BCUT2D eigenvalue weighted by Crippen LogP contribution is -2.01. The third kappa shape index (κ3) is 2.83. The molecule has 0 amide bonds. The maximum atomic E-state index is 10.0. The Hall–Kier alpha value is -0.420. The molecule has 0 aliphatic heterocycles. The van der Waals surface area contributed by atoms with Gasteiger partial charge in [-0.25, -0.2) is 0 Å². The van der Waals surface area contributed by atoms with Crippen LogP contribution in [0.15, 0.2) is 34.4 Å². The van der Waals surface area contributed by atoms with Crippen LogP contribution < -0.4 is 0 Å². The van der Waals surface area contributed by atoms with Gasteiger partial charge < -0.3 is 5.11 Å². The quantitative estimate of drug-likeness (QED) is 0.933. The highest BCUT2D eigenvalue weighted by atomic mass is 79.9. The molecule has 5 heteroatoms. The number of rotatable bonds is 3. The number of thiophene rings is 1. The van der Waals surface area contributed by atoms with E-state index in [4.69, 9.17) is 11.6 Å². The lowest BCUT2D eigenvalue weighted by atomic mass is 10.1. The third-order valence-corrected chi connectivity index (χ3v) is 4.15. The van der Waals surface area contributed by atoms with Crippen molar-refractivity contribution >= 4 is 38.9 Å². The molecule has 0 saturated carbocycles. The molecule has 1 N–H and O–H groups in total. The predicted octanol–water partition coefficient (Wildman–Crippen LogP) is 3.84. The zero-order chi connectivity index (χ0) is 11.5. The highest BCUT2D eigenvalue weighted by molar-refractivity contribution is 9.11. The topological polar surface area (TPSA) is 33.1 Å². The van der Waals surface area contributed by atoms with Gasteiger partial charge in [0.25, 0.3) is 0 Å². The monoisotopic (exact) mass is 317 g/mol. The van der Waals surface area contributed by atoms with Crippen molar-refractivity contribution in [3.8, 4) is 0 Å². The molecule has 0 fully saturated rings. The Morgan fingerprint density at radius 3 is 2.88 bits per heavy atom. The van der Waals surface area contributed by atoms with Crippen LogP contribution in [0.5, 0.6) is 0 Å². The summed E-state index contributed by atoms with van der Waals surface area (Å²) in [7, 11) is 0. The predicted molar refractivity (Wildman–Crippen MR) is 69.9 cm³/mol. The van der Waals surface area contributed by atoms with E-state index in [9.17, 15) is 5.11 Å². The van der Waals surface area contributed by atoms with Crippen LogP contribution in [0.2, 0.25) is 5.02 Å². The molecule has 1 atom stereocenters. The Morgan fingerprint density at radius 1 is 1.44 bits per heavy atom. The van der Waals surface area contributed by atoms with Gasteiger partial charge in [0, 0.05) is 29.3 Å². The van der Waals surface area contributed by atoms with Crippen LogP contribution in [0.3, 0.4) is 0 Å². The molecule has 0 aromatic carbocycles. The van der Waals surface area contributed by atoms with Crippen molar-refractivity contribution in [1.82, 2.24) is 4.98 Å². The molecule has 0 aliphatic rings. The minimum atomic E-state index is -0.582. The standard InChI is InChI=1S/C11H9BrClNOS/c12-11-2-1-7(16-11)5-10(15)8-3-4-14-6-9(8)13/h1-4,6,10,15H,5H2. The summed E-state index contributed by atoms with van der Waals surface area (Å²) < 4.78 is 1.07. The summed E-state index contributed by atoms with van der Waals surface area (Å²) in [6.07, 6.45) is 3.17. The van der Waals surface area contributed by atoms with Gasteiger partial charge in [-0.2, -0.15) is 0 Å². The molecule has 0 aliphatic carbocycles. The number of nitrogens with zero attached hydrogens (tertiary/aromatic N) is 1. The van der Waals surface area contributed by atoms with Gasteiger partial charge in [-0.15, -0.1) is 11.3 Å². The molecule has 2 aromatic rings. The Balaban J connectivity index is 2.14. The number of hydrogen-bond donors (Lipinski definition) is 1. The lowest BCUT2D eigenvalue weighted by molar-refractivity contribution is 0.179. The maximum Gasteiger partial charge on any atom is 0.0853 e. The Labute approximate surface area is 111 Å². The van der Waals surface area contributed by atoms with E-state index in [0.29, 0.717) is 11.4 Å². The van der Waals surface area contributed by atoms with Crippen LogP contribution in [0.1, 0.15) is 16.5 Å². The molecule has 2 heterocycles. The summed E-state index contributed by atoms with van der Waals surface area (Å²) in [6, 6.07) is 5.71. The maximum absolute atomic E-state index is 10.0. The van der Waals surface area contributed by atoms with Gasteiger partial charge in [0.2, 0.25) is 0 Å². The molecule has 2 rings (SSSR count). The van der Waals surface area contributed by atoms with Crippen molar-refractivity contribution in [2.75, 3.05) is 0 Å². The average molecular weight is 319 g/mol. The smallest absolute Gasteiger partial charge is 0.0853 e. The molecule has 2 aromatic heterocycles. The zero-order valence-electron chi connectivity index (χ0n) is 8.23. The normalized spacial score (nSPS) is 12.7. The molecule has 2 nitrogen and oxygen atoms in total. The Bertz CT molecular complexity index is 488. The average Bonchev–Trinajstić information content (AvgIpc) is 2.64. The summed E-state index contributed by atoms with van der Waals surface area (Å²) in [5, 5.41) is 10.5. The van der Waals surface area contributed by atoms with Gasteiger partial charge in [-0.05, 0) is 34.1 Å². The molecule has 0 radical (unpaired) electrons. The van der Waals surface area contributed by atoms with Gasteiger partial charge in [0.1, 0.15) is 0 Å². The van der Waals surface area contributed by atoms with Gasteiger partial charge in [-0.3, -0.25) is 4.98 Å². The van der Waals surface area contributed by atoms with E-state index in [1.54, 1.807) is 29.8 Å². The molecular weight excluding hydrogens is 310 g/mol. The third-order valence-electron chi connectivity index (χ3n) is 2.19. The Kier molecular flexibility index (Phi) is 3.97. The minimum Gasteiger partial charge on any atom is -0.388 e. The first kappa shape index (κ1) is 12.0. The molecular formula is C11H9BrClNOS. The number of aliphatic hydroxyl groups excluding tert-OH is 1. The van der Waals surface area contributed by atoms with Crippen molar-refractivity contribution in [3.05, 3.63) is 49.8 Å². The summed E-state index contributed by atoms with van der Waals surface area (Å²) in [5.74, 6) is 0. The van der Waals surface area contributed by atoms with Gasteiger partial charge in [0.15, 0.2) is 0 Å². The number of hydrogen-bond acceptors (Lipinski definition) is 3. The molecule has 0 saturated heterocycles. The first-order valence-corrected chi connectivity index (χ1v) is 6.67. The van der Waals surface area contributed by atoms with Crippen molar-refractivity contribution in [1.29, 1.82) is 0 Å². The largest absolute Gasteiger partial charge is 0.388 e. The SMILES string of the molecule is OC(Cc1ccc(Br)s1)c1ccncc1Cl. The van der Waals surface area contributed by atoms with Gasteiger partial charge in [0.05, 0.1) is 14.9 Å². The first-order chi connectivity index (χ1) is 7.66. The van der Waals surface area contributed by atoms with Crippen LogP contribution in [0.4, 0.5) is 0 Å². The van der Waals surface area contributed by atoms with E-state index < -0.39 is 6.10 Å². The highest BCUT2D eigenvalue weighted by Crippen LogP contribution is 2.29. The van der Waals surface area contributed by atoms with Gasteiger partial charge in [-0.1, -0.05) is 11.6 Å². The van der Waals surface area contributed by atoms with Crippen molar-refractivity contribution < 1.29 is 5.11 Å². The zero-order valence-corrected chi connectivity index (χ0v) is 11.4. The number of aromatic nitrogens is 1. The molecule has 1 unspecified atom stereocenters. The van der Waals surface area contributed by atoms with E-state index >= 15 is 0 Å². The van der Waals surface area contributed by atoms with Crippen molar-refractivity contribution in [2.45, 2.75) is 12.5 Å². The van der Waals surface area contributed by atoms with Crippen LogP contribution in [-0.4, -0.2) is 10.1 Å². The first-order valence-electron chi connectivity index (χ1n) is 4.68. The second-order valence-electron chi connectivity index (χ2n) is 3.32. The van der Waals surface area contributed by atoms with Crippen molar-refractivity contribution in [2.24, 2.45) is 0 Å². The summed E-state index contributed by atoms with van der Waals surface area (Å²) in [6.45, 7) is 0. The van der Waals surface area contributed by atoms with Gasteiger partial charge >= 0.3 is 0 Å². The van der Waals surface area contributed by atoms with E-state index in [0.717, 1.165) is 14.2 Å². The van der Waals surface area contributed by atoms with E-state index in [1.165, 1.54) is 0 Å². The van der Waals surface area contributed by atoms with Crippen LogP contribution in [0, 0.1) is 0 Å². The van der Waals surface area contributed by atoms with Crippen LogP contribution in [0.25, 0.3) is 0 Å². The summed E-state index contributed by atoms with van der Waals surface area (Å²) in [4.78, 5) is 5.01. The van der Waals surface area contributed by atoms with E-state index in [1.807, 2.05) is 12.1 Å². The molecule has 84 valence electrons.